The van der Waals surface area contributed by atoms with Crippen LogP contribution >= 0.6 is 0 Å². The molecule has 0 saturated carbocycles. The largest absolute Gasteiger partial charge is 0.393 e. The number of ketones is 1. The predicted octanol–water partition coefficient (Wildman–Crippen LogP) is 2.61. The van der Waals surface area contributed by atoms with Gasteiger partial charge in [-0.15, -0.1) is 0 Å². The van der Waals surface area contributed by atoms with Crippen LogP contribution in [0.1, 0.15) is 84.5 Å². The van der Waals surface area contributed by atoms with E-state index in [1.807, 2.05) is 0 Å². The molecular weight excluding hydrogens is 346 g/mol. The molecule has 1 rings (SSSR count). The van der Waals surface area contributed by atoms with Crippen LogP contribution < -0.4 is 11.4 Å². The van der Waals surface area contributed by atoms with Crippen LogP contribution in [0.4, 0.5) is 0 Å². The first kappa shape index (κ1) is 23.4. The van der Waals surface area contributed by atoms with E-state index in [-0.39, 0.29) is 17.2 Å². The highest BCUT2D eigenvalue weighted by Crippen LogP contribution is 2.08. The standard InChI is InChI=1S/C20H37N3O4/c1-4-5-9-13-18(25)14-16-23-20(27)21(3)19(26)22(23)15-11-8-6-7-10-12-17(2)24/h18,25H,4-16H2,1-3H3. The molecule has 27 heavy (non-hydrogen) atoms. The second kappa shape index (κ2) is 12.7. The summed E-state index contributed by atoms with van der Waals surface area (Å²) in [6.45, 7) is 4.61. The summed E-state index contributed by atoms with van der Waals surface area (Å²) in [4.78, 5) is 35.5. The third-order valence-corrected chi connectivity index (χ3v) is 5.02. The Bertz CT molecular complexity index is 672. The minimum absolute atomic E-state index is 0.228. The van der Waals surface area contributed by atoms with E-state index in [0.29, 0.717) is 25.9 Å². The van der Waals surface area contributed by atoms with Gasteiger partial charge in [-0.2, -0.15) is 0 Å². The van der Waals surface area contributed by atoms with Crippen LogP contribution in [0.2, 0.25) is 0 Å². The first-order chi connectivity index (χ1) is 12.9. The van der Waals surface area contributed by atoms with Crippen molar-refractivity contribution in [1.82, 2.24) is 13.9 Å². The van der Waals surface area contributed by atoms with Gasteiger partial charge in [-0.25, -0.2) is 23.5 Å². The molecule has 156 valence electrons. The van der Waals surface area contributed by atoms with Crippen LogP contribution in [0.5, 0.6) is 0 Å². The normalized spacial score (nSPS) is 12.4. The number of aromatic nitrogens is 3. The summed E-state index contributed by atoms with van der Waals surface area (Å²) >= 11 is 0. The number of aliphatic hydroxyl groups is 1. The lowest BCUT2D eigenvalue weighted by Crippen LogP contribution is -2.28. The van der Waals surface area contributed by atoms with E-state index in [9.17, 15) is 19.5 Å². The molecule has 1 N–H and O–H groups in total. The Kier molecular flexibility index (Phi) is 11.0. The predicted molar refractivity (Wildman–Crippen MR) is 107 cm³/mol. The number of aliphatic hydroxyl groups excluding tert-OH is 1. The monoisotopic (exact) mass is 383 g/mol. The van der Waals surface area contributed by atoms with Crippen molar-refractivity contribution in [3.05, 3.63) is 21.0 Å². The lowest BCUT2D eigenvalue weighted by molar-refractivity contribution is -0.117. The molecule has 1 atom stereocenters. The van der Waals surface area contributed by atoms with Crippen LogP contribution in [-0.4, -0.2) is 30.9 Å². The number of carbonyl (C=O) groups excluding carboxylic acids is 1. The minimum atomic E-state index is -0.437. The molecule has 0 aliphatic rings. The first-order valence-electron chi connectivity index (χ1n) is 10.4. The maximum Gasteiger partial charge on any atom is 0.346 e. The topological polar surface area (TPSA) is 86.2 Å². The fraction of sp³-hybridized carbons (Fsp3) is 0.850. The zero-order valence-corrected chi connectivity index (χ0v) is 17.3. The summed E-state index contributed by atoms with van der Waals surface area (Å²) < 4.78 is 4.12. The van der Waals surface area contributed by atoms with Gasteiger partial charge in [-0.05, 0) is 32.6 Å². The Balaban J connectivity index is 2.51. The van der Waals surface area contributed by atoms with Crippen LogP contribution in [0.15, 0.2) is 9.59 Å². The van der Waals surface area contributed by atoms with Gasteiger partial charge in [0.1, 0.15) is 5.78 Å². The van der Waals surface area contributed by atoms with E-state index in [2.05, 4.69) is 6.92 Å². The number of carbonyl (C=O) groups is 1. The van der Waals surface area contributed by atoms with E-state index in [0.717, 1.165) is 62.4 Å². The molecule has 0 amide bonds. The maximum atomic E-state index is 12.3. The number of hydrogen-bond donors (Lipinski definition) is 1. The Morgan fingerprint density at radius 1 is 0.889 bits per heavy atom. The van der Waals surface area contributed by atoms with Gasteiger partial charge in [0, 0.05) is 26.6 Å². The molecule has 7 heteroatoms. The van der Waals surface area contributed by atoms with Gasteiger partial charge in [-0.1, -0.05) is 45.4 Å². The molecular formula is C20H37N3O4. The molecule has 1 aromatic heterocycles. The SMILES string of the molecule is CCCCCC(O)CCn1c(=O)n(C)c(=O)n1CCCCCCCC(C)=O. The van der Waals surface area contributed by atoms with Gasteiger partial charge in [0.2, 0.25) is 0 Å². The molecule has 1 unspecified atom stereocenters. The lowest BCUT2D eigenvalue weighted by atomic mass is 10.1. The van der Waals surface area contributed by atoms with Gasteiger partial charge in [0.15, 0.2) is 0 Å². The van der Waals surface area contributed by atoms with Crippen molar-refractivity contribution in [1.29, 1.82) is 0 Å². The van der Waals surface area contributed by atoms with E-state index in [1.165, 1.54) is 16.4 Å². The Hall–Kier alpha value is -1.63. The van der Waals surface area contributed by atoms with Crippen molar-refractivity contribution >= 4 is 5.78 Å². The maximum absolute atomic E-state index is 12.3. The molecule has 0 saturated heterocycles. The van der Waals surface area contributed by atoms with E-state index in [4.69, 9.17) is 0 Å². The average Bonchev–Trinajstić information content (AvgIpc) is 2.83. The molecule has 1 aromatic rings. The van der Waals surface area contributed by atoms with Crippen molar-refractivity contribution < 1.29 is 9.90 Å². The summed E-state index contributed by atoms with van der Waals surface area (Å²) in [7, 11) is 1.50. The summed E-state index contributed by atoms with van der Waals surface area (Å²) in [5.74, 6) is 0.228. The Morgan fingerprint density at radius 3 is 2.11 bits per heavy atom. The van der Waals surface area contributed by atoms with E-state index < -0.39 is 6.10 Å². The van der Waals surface area contributed by atoms with Gasteiger partial charge in [0.05, 0.1) is 6.10 Å². The van der Waals surface area contributed by atoms with Crippen LogP contribution in [-0.2, 0) is 24.9 Å². The third-order valence-electron chi connectivity index (χ3n) is 5.02. The third kappa shape index (κ3) is 8.28. The molecule has 1 heterocycles. The first-order valence-corrected chi connectivity index (χ1v) is 10.4. The number of Topliss-reactive ketones (excluding diaryl/α,β-unsaturated/α-hetero) is 1. The van der Waals surface area contributed by atoms with E-state index >= 15 is 0 Å². The van der Waals surface area contributed by atoms with Crippen LogP contribution in [0, 0.1) is 0 Å². The summed E-state index contributed by atoms with van der Waals surface area (Å²) in [5, 5.41) is 10.1. The van der Waals surface area contributed by atoms with E-state index in [1.54, 1.807) is 6.92 Å². The number of unbranched alkanes of at least 4 members (excludes halogenated alkanes) is 6. The van der Waals surface area contributed by atoms with Crippen molar-refractivity contribution in [3.8, 4) is 0 Å². The summed E-state index contributed by atoms with van der Waals surface area (Å²) in [6, 6.07) is 0. The number of rotatable bonds is 15. The van der Waals surface area contributed by atoms with Crippen molar-refractivity contribution in [2.75, 3.05) is 0 Å². The zero-order chi connectivity index (χ0) is 20.2. The Labute approximate surface area is 162 Å². The smallest absolute Gasteiger partial charge is 0.346 e. The molecule has 0 bridgehead atoms. The molecule has 0 aliphatic carbocycles. The highest BCUT2D eigenvalue weighted by atomic mass is 16.3. The number of hydrogen-bond acceptors (Lipinski definition) is 4. The summed E-state index contributed by atoms with van der Waals surface area (Å²) in [6.07, 6.45) is 9.35. The molecule has 0 spiro atoms. The number of nitrogens with zero attached hydrogens (tertiary/aromatic N) is 3. The van der Waals surface area contributed by atoms with Crippen molar-refractivity contribution in [2.45, 2.75) is 104 Å². The lowest BCUT2D eigenvalue weighted by Gasteiger charge is -2.13. The van der Waals surface area contributed by atoms with Gasteiger partial charge in [-0.3, -0.25) is 0 Å². The second-order valence-electron chi connectivity index (χ2n) is 7.53. The van der Waals surface area contributed by atoms with Crippen molar-refractivity contribution in [2.24, 2.45) is 7.05 Å². The molecule has 7 nitrogen and oxygen atoms in total. The molecule has 0 fully saturated rings. The summed E-state index contributed by atoms with van der Waals surface area (Å²) in [5.41, 5.74) is -0.612. The van der Waals surface area contributed by atoms with Crippen LogP contribution in [0.3, 0.4) is 0 Å². The van der Waals surface area contributed by atoms with Crippen LogP contribution in [0.25, 0.3) is 0 Å². The van der Waals surface area contributed by atoms with Gasteiger partial charge in [0.25, 0.3) is 0 Å². The van der Waals surface area contributed by atoms with Gasteiger partial charge < -0.3 is 9.90 Å². The average molecular weight is 384 g/mol. The van der Waals surface area contributed by atoms with Gasteiger partial charge >= 0.3 is 11.4 Å². The highest BCUT2D eigenvalue weighted by molar-refractivity contribution is 5.75. The molecule has 0 aliphatic heterocycles. The molecule has 0 aromatic carbocycles. The second-order valence-corrected chi connectivity index (χ2v) is 7.53. The fourth-order valence-corrected chi connectivity index (χ4v) is 3.28. The zero-order valence-electron chi connectivity index (χ0n) is 17.3. The molecule has 0 radical (unpaired) electrons. The Morgan fingerprint density at radius 2 is 1.48 bits per heavy atom. The van der Waals surface area contributed by atoms with Crippen molar-refractivity contribution in [3.63, 3.8) is 0 Å². The highest BCUT2D eigenvalue weighted by Gasteiger charge is 2.14. The minimum Gasteiger partial charge on any atom is -0.393 e. The fourth-order valence-electron chi connectivity index (χ4n) is 3.28. The quantitative estimate of drug-likeness (QED) is 0.472.